The summed E-state index contributed by atoms with van der Waals surface area (Å²) in [6.07, 6.45) is 7.05. The Hall–Kier alpha value is -2.96. The zero-order chi connectivity index (χ0) is 25.3. The zero-order valence-electron chi connectivity index (χ0n) is 21.2. The van der Waals surface area contributed by atoms with Crippen LogP contribution >= 0.6 is 0 Å². The van der Waals surface area contributed by atoms with E-state index in [9.17, 15) is 15.0 Å². The van der Waals surface area contributed by atoms with Gasteiger partial charge < -0.3 is 19.8 Å². The fourth-order valence-corrected chi connectivity index (χ4v) is 5.60. The largest absolute Gasteiger partial charge is 0.497 e. The van der Waals surface area contributed by atoms with Gasteiger partial charge in [-0.2, -0.15) is 0 Å². The summed E-state index contributed by atoms with van der Waals surface area (Å²) in [6, 6.07) is 18.1. The van der Waals surface area contributed by atoms with Gasteiger partial charge in [0.15, 0.2) is 0 Å². The summed E-state index contributed by atoms with van der Waals surface area (Å²) >= 11 is 0. The lowest BCUT2D eigenvalue weighted by molar-refractivity contribution is -0.139. The Morgan fingerprint density at radius 2 is 1.97 bits per heavy atom. The number of unbranched alkanes of at least 4 members (excludes halogenated alkanes) is 1. The molecule has 36 heavy (non-hydrogen) atoms. The molecule has 1 aliphatic heterocycles. The third kappa shape index (κ3) is 7.05. The summed E-state index contributed by atoms with van der Waals surface area (Å²) in [4.78, 5) is 18.5. The van der Waals surface area contributed by atoms with Crippen LogP contribution in [0.3, 0.4) is 0 Å². The first kappa shape index (κ1) is 26.1. The van der Waals surface area contributed by atoms with Crippen LogP contribution in [-0.2, 0) is 11.2 Å². The number of piperidine rings is 1. The fourth-order valence-electron chi connectivity index (χ4n) is 5.60. The summed E-state index contributed by atoms with van der Waals surface area (Å²) in [7, 11) is 1.63. The number of aliphatic hydroxyl groups excluding tert-OH is 1. The van der Waals surface area contributed by atoms with Crippen molar-refractivity contribution in [2.75, 3.05) is 26.7 Å². The van der Waals surface area contributed by atoms with Gasteiger partial charge in [-0.05, 0) is 98.8 Å². The predicted octanol–water partition coefficient (Wildman–Crippen LogP) is 5.49. The Labute approximate surface area is 213 Å². The number of aliphatic hydroxyl groups is 1. The average Bonchev–Trinajstić information content (AvgIpc) is 2.90. The number of aliphatic carboxylic acids is 1. The molecule has 4 rings (SSSR count). The van der Waals surface area contributed by atoms with Crippen LogP contribution in [-0.4, -0.2) is 52.8 Å². The van der Waals surface area contributed by atoms with Crippen molar-refractivity contribution in [1.29, 1.82) is 0 Å². The number of hydrogen-bond donors (Lipinski definition) is 2. The van der Waals surface area contributed by atoms with Crippen LogP contribution in [0, 0.1) is 11.8 Å². The summed E-state index contributed by atoms with van der Waals surface area (Å²) in [5, 5.41) is 21.5. The number of methoxy groups -OCH3 is 1. The first-order chi connectivity index (χ1) is 17.5. The summed E-state index contributed by atoms with van der Waals surface area (Å²) in [6.45, 7) is 2.84. The van der Waals surface area contributed by atoms with Crippen LogP contribution < -0.4 is 4.74 Å². The number of aryl methyl sites for hydroxylation is 1. The summed E-state index contributed by atoms with van der Waals surface area (Å²) in [5.41, 5.74) is 3.06. The minimum absolute atomic E-state index is 0.117. The second-order valence-electron chi connectivity index (χ2n) is 10.0. The lowest BCUT2D eigenvalue weighted by atomic mass is 9.79. The number of rotatable bonds is 12. The van der Waals surface area contributed by atoms with Crippen LogP contribution in [0.1, 0.15) is 55.8 Å². The van der Waals surface area contributed by atoms with E-state index in [0.29, 0.717) is 12.3 Å². The number of benzene rings is 2. The normalized spacial score (nSPS) is 19.3. The zero-order valence-corrected chi connectivity index (χ0v) is 21.2. The van der Waals surface area contributed by atoms with E-state index in [-0.39, 0.29) is 12.3 Å². The molecule has 1 aromatic heterocycles. The van der Waals surface area contributed by atoms with E-state index in [2.05, 4.69) is 34.1 Å². The van der Waals surface area contributed by atoms with Crippen LogP contribution in [0.15, 0.2) is 60.8 Å². The number of pyridine rings is 1. The number of aromatic nitrogens is 1. The molecule has 3 atom stereocenters. The minimum atomic E-state index is -0.733. The first-order valence-electron chi connectivity index (χ1n) is 13.1. The predicted molar refractivity (Wildman–Crippen MR) is 142 cm³/mol. The van der Waals surface area contributed by atoms with E-state index < -0.39 is 12.1 Å². The lowest BCUT2D eigenvalue weighted by Gasteiger charge is -2.38. The second kappa shape index (κ2) is 12.8. The smallest absolute Gasteiger partial charge is 0.303 e. The maximum absolute atomic E-state index is 11.6. The number of ether oxygens (including phenoxy) is 1. The lowest BCUT2D eigenvalue weighted by Crippen LogP contribution is -2.41. The van der Waals surface area contributed by atoms with Gasteiger partial charge in [-0.1, -0.05) is 30.3 Å². The molecule has 1 aliphatic rings. The van der Waals surface area contributed by atoms with Crippen molar-refractivity contribution < 1.29 is 19.7 Å². The standard InChI is InChI=1S/C30H38N2O4/c1-36-25-11-12-28-27(20-25)26(14-16-31-28)29(33)13-10-23-15-18-32(21-24(23)19-30(34)35)17-6-5-9-22-7-3-2-4-8-22/h2-4,7-8,11-12,14,16,20,23-24,29,33H,5-6,9-10,13,15,17-19,21H2,1H3,(H,34,35)/t23-,24+,29-/m1/s1. The van der Waals surface area contributed by atoms with Gasteiger partial charge in [-0.15, -0.1) is 0 Å². The highest BCUT2D eigenvalue weighted by molar-refractivity contribution is 5.83. The Balaban J connectivity index is 1.31. The number of carboxylic acids is 1. The Morgan fingerprint density at radius 3 is 2.75 bits per heavy atom. The number of nitrogens with zero attached hydrogens (tertiary/aromatic N) is 2. The molecule has 6 heteroatoms. The second-order valence-corrected chi connectivity index (χ2v) is 10.0. The number of carbonyl (C=O) groups is 1. The van der Waals surface area contributed by atoms with Gasteiger partial charge in [0, 0.05) is 24.5 Å². The topological polar surface area (TPSA) is 82.9 Å². The highest BCUT2D eigenvalue weighted by atomic mass is 16.5. The molecule has 0 aliphatic carbocycles. The SMILES string of the molecule is COc1ccc2nccc([C@H](O)CC[C@@H]3CCN(CCCCc4ccccc4)C[C@@H]3CC(=O)O)c2c1. The monoisotopic (exact) mass is 490 g/mol. The van der Waals surface area contributed by atoms with Gasteiger partial charge in [0.1, 0.15) is 5.75 Å². The van der Waals surface area contributed by atoms with E-state index >= 15 is 0 Å². The molecule has 3 aromatic rings. The molecular formula is C30H38N2O4. The Kier molecular flexibility index (Phi) is 9.31. The van der Waals surface area contributed by atoms with Crippen LogP contribution in [0.4, 0.5) is 0 Å². The highest BCUT2D eigenvalue weighted by Crippen LogP contribution is 2.34. The molecule has 2 aromatic carbocycles. The number of likely N-dealkylation sites (tertiary alicyclic amines) is 1. The average molecular weight is 491 g/mol. The Bertz CT molecular complexity index is 1120. The van der Waals surface area contributed by atoms with Gasteiger partial charge >= 0.3 is 5.97 Å². The number of hydrogen-bond acceptors (Lipinski definition) is 5. The quantitative estimate of drug-likeness (QED) is 0.327. The molecule has 1 saturated heterocycles. The van der Waals surface area contributed by atoms with E-state index in [1.165, 1.54) is 5.56 Å². The molecule has 6 nitrogen and oxygen atoms in total. The van der Waals surface area contributed by atoms with Crippen molar-refractivity contribution in [2.24, 2.45) is 11.8 Å². The van der Waals surface area contributed by atoms with Crippen LogP contribution in [0.5, 0.6) is 5.75 Å². The molecule has 0 bridgehead atoms. The first-order valence-corrected chi connectivity index (χ1v) is 13.1. The van der Waals surface area contributed by atoms with Crippen molar-refractivity contribution >= 4 is 16.9 Å². The van der Waals surface area contributed by atoms with Crippen molar-refractivity contribution in [3.63, 3.8) is 0 Å². The van der Waals surface area contributed by atoms with Crippen LogP contribution in [0.25, 0.3) is 10.9 Å². The molecular weight excluding hydrogens is 452 g/mol. The van der Waals surface area contributed by atoms with Gasteiger partial charge in [0.2, 0.25) is 0 Å². The molecule has 192 valence electrons. The third-order valence-electron chi connectivity index (χ3n) is 7.60. The number of carboxylic acid groups (broad SMARTS) is 1. The number of fused-ring (bicyclic) bond motifs is 1. The fraction of sp³-hybridized carbons (Fsp3) is 0.467. The van der Waals surface area contributed by atoms with E-state index in [1.807, 2.05) is 30.3 Å². The van der Waals surface area contributed by atoms with Crippen molar-refractivity contribution in [2.45, 2.75) is 51.0 Å². The van der Waals surface area contributed by atoms with Crippen molar-refractivity contribution in [3.8, 4) is 5.75 Å². The maximum atomic E-state index is 11.6. The molecule has 1 fully saturated rings. The molecule has 0 radical (unpaired) electrons. The molecule has 0 amide bonds. The van der Waals surface area contributed by atoms with Gasteiger partial charge in [0.05, 0.1) is 18.7 Å². The maximum Gasteiger partial charge on any atom is 0.303 e. The Morgan fingerprint density at radius 1 is 1.14 bits per heavy atom. The minimum Gasteiger partial charge on any atom is -0.497 e. The molecule has 0 spiro atoms. The molecule has 0 saturated carbocycles. The summed E-state index contributed by atoms with van der Waals surface area (Å²) < 4.78 is 5.36. The highest BCUT2D eigenvalue weighted by Gasteiger charge is 2.31. The van der Waals surface area contributed by atoms with Gasteiger partial charge in [-0.3, -0.25) is 9.78 Å². The molecule has 2 N–H and O–H groups in total. The van der Waals surface area contributed by atoms with Crippen LogP contribution in [0.2, 0.25) is 0 Å². The molecule has 0 unspecified atom stereocenters. The third-order valence-corrected chi connectivity index (χ3v) is 7.60. The summed E-state index contributed by atoms with van der Waals surface area (Å²) in [5.74, 6) is 0.427. The van der Waals surface area contributed by atoms with E-state index in [1.54, 1.807) is 13.3 Å². The van der Waals surface area contributed by atoms with Gasteiger partial charge in [0.25, 0.3) is 0 Å². The van der Waals surface area contributed by atoms with Crippen molar-refractivity contribution in [1.82, 2.24) is 9.88 Å². The van der Waals surface area contributed by atoms with Crippen molar-refractivity contribution in [3.05, 3.63) is 71.9 Å². The van der Waals surface area contributed by atoms with E-state index in [4.69, 9.17) is 4.74 Å². The molecule has 2 heterocycles. The van der Waals surface area contributed by atoms with Gasteiger partial charge in [-0.25, -0.2) is 0 Å². The van der Waals surface area contributed by atoms with E-state index in [0.717, 1.165) is 74.0 Å².